The number of fused-ring (bicyclic) bond motifs is 1. The van der Waals surface area contributed by atoms with E-state index in [1.807, 2.05) is 48.5 Å². The standard InChI is InChI=1S/C19H13N3O2/c23-19(24)17-7-3-6-14(20-17)12-8-10-13(11-9-12)18-21-15-4-1-2-5-16(15)22-18/h1-11H,(H,21,22)(H,23,24). The van der Waals surface area contributed by atoms with Crippen molar-refractivity contribution in [2.24, 2.45) is 0 Å². The zero-order valence-corrected chi connectivity index (χ0v) is 12.6. The normalized spacial score (nSPS) is 10.8. The molecule has 0 atom stereocenters. The molecule has 0 aliphatic heterocycles. The van der Waals surface area contributed by atoms with Crippen LogP contribution < -0.4 is 0 Å². The van der Waals surface area contributed by atoms with Gasteiger partial charge in [-0.05, 0) is 24.3 Å². The fourth-order valence-corrected chi connectivity index (χ4v) is 2.60. The lowest BCUT2D eigenvalue weighted by molar-refractivity contribution is 0.0690. The third-order valence-corrected chi connectivity index (χ3v) is 3.81. The first-order valence-electron chi connectivity index (χ1n) is 7.46. The second-order valence-corrected chi connectivity index (χ2v) is 5.39. The fourth-order valence-electron chi connectivity index (χ4n) is 2.60. The molecule has 5 heteroatoms. The molecule has 0 radical (unpaired) electrons. The van der Waals surface area contributed by atoms with Crippen molar-refractivity contribution < 1.29 is 9.90 Å². The minimum absolute atomic E-state index is 0.0360. The Labute approximate surface area is 137 Å². The molecule has 0 amide bonds. The van der Waals surface area contributed by atoms with Gasteiger partial charge in [0.2, 0.25) is 0 Å². The number of aromatic amines is 1. The van der Waals surface area contributed by atoms with Gasteiger partial charge >= 0.3 is 5.97 Å². The molecule has 0 unspecified atom stereocenters. The Morgan fingerprint density at radius 1 is 0.833 bits per heavy atom. The average Bonchev–Trinajstić information content (AvgIpc) is 3.06. The fraction of sp³-hybridized carbons (Fsp3) is 0. The molecular weight excluding hydrogens is 302 g/mol. The summed E-state index contributed by atoms with van der Waals surface area (Å²) in [4.78, 5) is 23.1. The molecule has 5 nitrogen and oxygen atoms in total. The third kappa shape index (κ3) is 2.52. The van der Waals surface area contributed by atoms with Crippen LogP contribution in [0.5, 0.6) is 0 Å². The zero-order chi connectivity index (χ0) is 16.5. The number of carboxylic acids is 1. The molecule has 24 heavy (non-hydrogen) atoms. The number of hydrogen-bond donors (Lipinski definition) is 2. The average molecular weight is 315 g/mol. The van der Waals surface area contributed by atoms with Crippen LogP contribution in [0.15, 0.2) is 66.7 Å². The predicted molar refractivity (Wildman–Crippen MR) is 91.7 cm³/mol. The predicted octanol–water partition coefficient (Wildman–Crippen LogP) is 3.99. The largest absolute Gasteiger partial charge is 0.477 e. The van der Waals surface area contributed by atoms with Crippen LogP contribution in [0.1, 0.15) is 10.5 Å². The van der Waals surface area contributed by atoms with Crippen LogP contribution in [0.4, 0.5) is 0 Å². The van der Waals surface area contributed by atoms with Gasteiger partial charge in [-0.2, -0.15) is 0 Å². The van der Waals surface area contributed by atoms with E-state index in [2.05, 4.69) is 15.0 Å². The number of benzene rings is 2. The summed E-state index contributed by atoms with van der Waals surface area (Å²) in [6.07, 6.45) is 0. The summed E-state index contributed by atoms with van der Waals surface area (Å²) >= 11 is 0. The number of aromatic nitrogens is 3. The number of aromatic carboxylic acids is 1. The number of carboxylic acid groups (broad SMARTS) is 1. The summed E-state index contributed by atoms with van der Waals surface area (Å²) in [6.45, 7) is 0. The summed E-state index contributed by atoms with van der Waals surface area (Å²) in [5, 5.41) is 9.04. The molecule has 2 heterocycles. The highest BCUT2D eigenvalue weighted by atomic mass is 16.4. The molecule has 0 spiro atoms. The third-order valence-electron chi connectivity index (χ3n) is 3.81. The van der Waals surface area contributed by atoms with Gasteiger partial charge in [0.15, 0.2) is 0 Å². The van der Waals surface area contributed by atoms with Gasteiger partial charge in [0, 0.05) is 11.1 Å². The van der Waals surface area contributed by atoms with Crippen LogP contribution in [0.25, 0.3) is 33.7 Å². The number of rotatable bonds is 3. The lowest BCUT2D eigenvalue weighted by atomic mass is 10.1. The van der Waals surface area contributed by atoms with E-state index in [1.54, 1.807) is 12.1 Å². The first kappa shape index (κ1) is 14.1. The molecule has 2 aromatic heterocycles. The Kier molecular flexibility index (Phi) is 3.31. The van der Waals surface area contributed by atoms with E-state index in [4.69, 9.17) is 5.11 Å². The number of carbonyl (C=O) groups is 1. The summed E-state index contributed by atoms with van der Waals surface area (Å²) in [6, 6.07) is 20.6. The number of para-hydroxylation sites is 2. The molecule has 0 saturated carbocycles. The van der Waals surface area contributed by atoms with E-state index < -0.39 is 5.97 Å². The maximum atomic E-state index is 11.0. The van der Waals surface area contributed by atoms with Gasteiger partial charge < -0.3 is 10.1 Å². The van der Waals surface area contributed by atoms with Crippen molar-refractivity contribution in [1.82, 2.24) is 15.0 Å². The van der Waals surface area contributed by atoms with Crippen molar-refractivity contribution >= 4 is 17.0 Å². The molecule has 2 aromatic carbocycles. The number of H-pyrrole nitrogens is 1. The van der Waals surface area contributed by atoms with E-state index in [-0.39, 0.29) is 5.69 Å². The lowest BCUT2D eigenvalue weighted by Crippen LogP contribution is -2.00. The molecule has 0 aliphatic carbocycles. The first-order valence-corrected chi connectivity index (χ1v) is 7.46. The Balaban J connectivity index is 1.69. The van der Waals surface area contributed by atoms with E-state index in [1.165, 1.54) is 6.07 Å². The minimum atomic E-state index is -1.03. The Morgan fingerprint density at radius 3 is 2.33 bits per heavy atom. The van der Waals surface area contributed by atoms with Gasteiger partial charge in [0.05, 0.1) is 16.7 Å². The Morgan fingerprint density at radius 2 is 1.58 bits per heavy atom. The van der Waals surface area contributed by atoms with E-state index >= 15 is 0 Å². The van der Waals surface area contributed by atoms with Gasteiger partial charge in [-0.25, -0.2) is 14.8 Å². The van der Waals surface area contributed by atoms with Crippen molar-refractivity contribution in [3.8, 4) is 22.6 Å². The van der Waals surface area contributed by atoms with E-state index in [9.17, 15) is 4.79 Å². The van der Waals surface area contributed by atoms with Crippen molar-refractivity contribution in [2.75, 3.05) is 0 Å². The SMILES string of the molecule is O=C(O)c1cccc(-c2ccc(-c3nc4ccccc4[nH]3)cc2)n1. The van der Waals surface area contributed by atoms with Crippen molar-refractivity contribution in [3.05, 3.63) is 72.4 Å². The molecule has 4 rings (SSSR count). The van der Waals surface area contributed by atoms with E-state index in [0.717, 1.165) is 28.0 Å². The number of pyridine rings is 1. The highest BCUT2D eigenvalue weighted by Gasteiger charge is 2.08. The number of imidazole rings is 1. The van der Waals surface area contributed by atoms with Crippen LogP contribution >= 0.6 is 0 Å². The minimum Gasteiger partial charge on any atom is -0.477 e. The Hall–Kier alpha value is -3.47. The lowest BCUT2D eigenvalue weighted by Gasteiger charge is -2.03. The quantitative estimate of drug-likeness (QED) is 0.599. The molecule has 0 bridgehead atoms. The van der Waals surface area contributed by atoms with Gasteiger partial charge in [-0.15, -0.1) is 0 Å². The summed E-state index contributed by atoms with van der Waals surface area (Å²) in [5.41, 5.74) is 4.40. The molecule has 4 aromatic rings. The summed E-state index contributed by atoms with van der Waals surface area (Å²) < 4.78 is 0. The van der Waals surface area contributed by atoms with Crippen LogP contribution in [0.3, 0.4) is 0 Å². The second kappa shape index (κ2) is 5.62. The summed E-state index contributed by atoms with van der Waals surface area (Å²) in [5.74, 6) is -0.231. The highest BCUT2D eigenvalue weighted by Crippen LogP contribution is 2.24. The van der Waals surface area contributed by atoms with Gasteiger partial charge in [0.1, 0.15) is 11.5 Å². The van der Waals surface area contributed by atoms with E-state index in [0.29, 0.717) is 5.69 Å². The number of nitrogens with one attached hydrogen (secondary N) is 1. The molecule has 116 valence electrons. The van der Waals surface area contributed by atoms with Crippen LogP contribution in [-0.4, -0.2) is 26.0 Å². The van der Waals surface area contributed by atoms with Gasteiger partial charge in [0.25, 0.3) is 0 Å². The summed E-state index contributed by atoms with van der Waals surface area (Å²) in [7, 11) is 0. The monoisotopic (exact) mass is 315 g/mol. The molecule has 2 N–H and O–H groups in total. The Bertz CT molecular complexity index is 1000. The smallest absolute Gasteiger partial charge is 0.354 e. The number of hydrogen-bond acceptors (Lipinski definition) is 3. The van der Waals surface area contributed by atoms with Crippen molar-refractivity contribution in [3.63, 3.8) is 0 Å². The van der Waals surface area contributed by atoms with Gasteiger partial charge in [-0.1, -0.05) is 42.5 Å². The second-order valence-electron chi connectivity index (χ2n) is 5.39. The number of nitrogens with zero attached hydrogens (tertiary/aromatic N) is 2. The van der Waals surface area contributed by atoms with Crippen molar-refractivity contribution in [2.45, 2.75) is 0 Å². The molecular formula is C19H13N3O2. The molecule has 0 aliphatic rings. The van der Waals surface area contributed by atoms with Crippen LogP contribution in [0, 0.1) is 0 Å². The first-order chi connectivity index (χ1) is 11.7. The topological polar surface area (TPSA) is 78.9 Å². The highest BCUT2D eigenvalue weighted by molar-refractivity contribution is 5.86. The molecule has 0 saturated heterocycles. The van der Waals surface area contributed by atoms with Crippen LogP contribution in [0.2, 0.25) is 0 Å². The van der Waals surface area contributed by atoms with Gasteiger partial charge in [-0.3, -0.25) is 0 Å². The maximum Gasteiger partial charge on any atom is 0.354 e. The maximum absolute atomic E-state index is 11.0. The van der Waals surface area contributed by atoms with Crippen molar-refractivity contribution in [1.29, 1.82) is 0 Å². The molecule has 0 fully saturated rings. The zero-order valence-electron chi connectivity index (χ0n) is 12.6. The van der Waals surface area contributed by atoms with Crippen LogP contribution in [-0.2, 0) is 0 Å².